The molecule has 1 aromatic carbocycles. The fourth-order valence-corrected chi connectivity index (χ4v) is 2.23. The summed E-state index contributed by atoms with van der Waals surface area (Å²) in [4.78, 5) is 0. The maximum absolute atomic E-state index is 6.11. The minimum atomic E-state index is -0.535. The molecule has 2 atom stereocenters. The lowest BCUT2D eigenvalue weighted by atomic mass is 10.0. The fourth-order valence-electron chi connectivity index (χ4n) is 1.93. The van der Waals surface area contributed by atoms with Gasteiger partial charge in [0.1, 0.15) is 0 Å². The van der Waals surface area contributed by atoms with Gasteiger partial charge in [-0.1, -0.05) is 54.6 Å². The smallest absolute Gasteiger partial charge is 0.183 e. The van der Waals surface area contributed by atoms with Crippen molar-refractivity contribution >= 4 is 23.2 Å². The van der Waals surface area contributed by atoms with Crippen LogP contribution in [0.1, 0.15) is 31.4 Å². The third-order valence-corrected chi connectivity index (χ3v) is 3.86. The van der Waals surface area contributed by atoms with E-state index in [-0.39, 0.29) is 6.10 Å². The van der Waals surface area contributed by atoms with Gasteiger partial charge in [-0.15, -0.1) is 6.58 Å². The van der Waals surface area contributed by atoms with Crippen LogP contribution in [-0.2, 0) is 9.47 Å². The van der Waals surface area contributed by atoms with Gasteiger partial charge in [0.05, 0.1) is 16.1 Å². The zero-order chi connectivity index (χ0) is 16.5. The highest BCUT2D eigenvalue weighted by atomic mass is 35.5. The molecule has 2 nitrogen and oxygen atoms in total. The Kier molecular flexibility index (Phi) is 8.51. The first-order valence-corrected chi connectivity index (χ1v) is 7.93. The van der Waals surface area contributed by atoms with Crippen molar-refractivity contribution in [3.8, 4) is 0 Å². The third-order valence-electron chi connectivity index (χ3n) is 3.12. The van der Waals surface area contributed by atoms with Gasteiger partial charge in [0.25, 0.3) is 0 Å². The van der Waals surface area contributed by atoms with E-state index in [2.05, 4.69) is 19.7 Å². The van der Waals surface area contributed by atoms with Crippen molar-refractivity contribution in [3.05, 3.63) is 71.3 Å². The number of allylic oxidation sites excluding steroid dienone is 1. The van der Waals surface area contributed by atoms with Crippen LogP contribution < -0.4 is 0 Å². The highest BCUT2D eigenvalue weighted by Gasteiger charge is 2.20. The van der Waals surface area contributed by atoms with E-state index in [1.54, 1.807) is 12.1 Å². The number of benzene rings is 1. The molecule has 120 valence electrons. The summed E-state index contributed by atoms with van der Waals surface area (Å²) in [6.45, 7) is 13.8. The Morgan fingerprint density at radius 2 is 2.00 bits per heavy atom. The second-order valence-corrected chi connectivity index (χ2v) is 5.55. The molecule has 1 rings (SSSR count). The van der Waals surface area contributed by atoms with E-state index in [0.29, 0.717) is 22.2 Å². The van der Waals surface area contributed by atoms with Crippen molar-refractivity contribution in [3.63, 3.8) is 0 Å². The van der Waals surface area contributed by atoms with Crippen LogP contribution in [-0.4, -0.2) is 12.9 Å². The van der Waals surface area contributed by atoms with Crippen molar-refractivity contribution in [2.24, 2.45) is 0 Å². The Balaban J connectivity index is 2.99. The van der Waals surface area contributed by atoms with Crippen LogP contribution in [0.2, 0.25) is 10.0 Å². The van der Waals surface area contributed by atoms with Crippen LogP contribution in [0, 0.1) is 0 Å². The third kappa shape index (κ3) is 5.62. The van der Waals surface area contributed by atoms with Crippen molar-refractivity contribution in [2.45, 2.75) is 32.2 Å². The van der Waals surface area contributed by atoms with Gasteiger partial charge in [-0.05, 0) is 43.0 Å². The predicted molar refractivity (Wildman–Crippen MR) is 94.5 cm³/mol. The molecule has 0 N–H and O–H groups in total. The molecular weight excluding hydrogens is 319 g/mol. The Labute approximate surface area is 143 Å². The van der Waals surface area contributed by atoms with Crippen molar-refractivity contribution in [1.82, 2.24) is 0 Å². The Bertz CT molecular complexity index is 526. The quantitative estimate of drug-likeness (QED) is 0.290. The largest absolute Gasteiger partial charge is 0.349 e. The molecule has 0 fully saturated rings. The topological polar surface area (TPSA) is 18.5 Å². The zero-order valence-electron chi connectivity index (χ0n) is 12.9. The van der Waals surface area contributed by atoms with Gasteiger partial charge in [0.15, 0.2) is 6.29 Å². The molecule has 0 saturated heterocycles. The predicted octanol–water partition coefficient (Wildman–Crippen LogP) is 6.12. The van der Waals surface area contributed by atoms with E-state index >= 15 is 0 Å². The normalized spacial score (nSPS) is 13.4. The van der Waals surface area contributed by atoms with E-state index in [4.69, 9.17) is 32.7 Å². The molecule has 22 heavy (non-hydrogen) atoms. The molecule has 0 aliphatic carbocycles. The molecule has 0 amide bonds. The second-order valence-electron chi connectivity index (χ2n) is 4.73. The Morgan fingerprint density at radius 1 is 1.27 bits per heavy atom. The second kappa shape index (κ2) is 9.86. The minimum absolute atomic E-state index is 0.194. The van der Waals surface area contributed by atoms with Crippen LogP contribution in [0.5, 0.6) is 0 Å². The molecule has 0 spiro atoms. The lowest BCUT2D eigenvalue weighted by Crippen LogP contribution is -2.22. The van der Waals surface area contributed by atoms with Crippen molar-refractivity contribution in [1.29, 1.82) is 0 Å². The SMILES string of the molecule is C=CCC[C@H](O[C@@H](OCC)C(=C)C=C)c1ccc(Cl)c(Cl)c1. The van der Waals surface area contributed by atoms with Gasteiger partial charge in [-0.2, -0.15) is 0 Å². The van der Waals surface area contributed by atoms with Crippen molar-refractivity contribution in [2.75, 3.05) is 6.61 Å². The molecule has 0 bridgehead atoms. The van der Waals surface area contributed by atoms with Gasteiger partial charge in [-0.25, -0.2) is 0 Å². The summed E-state index contributed by atoms with van der Waals surface area (Å²) in [7, 11) is 0. The van der Waals surface area contributed by atoms with E-state index in [1.165, 1.54) is 0 Å². The number of halogens is 2. The summed E-state index contributed by atoms with van der Waals surface area (Å²) < 4.78 is 11.7. The number of rotatable bonds is 10. The number of hydrogen-bond donors (Lipinski definition) is 0. The standard InChI is InChI=1S/C18H22Cl2O2/c1-5-8-9-17(14-10-11-15(19)16(20)12-14)22-18(21-7-3)13(4)6-2/h5-6,10-12,17-18H,1-2,4,7-9H2,3H3/t17-,18+/m0/s1. The molecule has 1 aromatic rings. The molecule has 0 saturated carbocycles. The summed E-state index contributed by atoms with van der Waals surface area (Å²) in [5, 5.41) is 1.02. The monoisotopic (exact) mass is 340 g/mol. The minimum Gasteiger partial charge on any atom is -0.349 e. The lowest BCUT2D eigenvalue weighted by molar-refractivity contribution is -0.147. The first-order valence-electron chi connectivity index (χ1n) is 7.17. The van der Waals surface area contributed by atoms with Gasteiger partial charge < -0.3 is 9.47 Å². The summed E-state index contributed by atoms with van der Waals surface area (Å²) in [6, 6.07) is 5.49. The maximum atomic E-state index is 6.11. The van der Waals surface area contributed by atoms with Crippen LogP contribution in [0.15, 0.2) is 55.7 Å². The van der Waals surface area contributed by atoms with Crippen LogP contribution >= 0.6 is 23.2 Å². The van der Waals surface area contributed by atoms with Crippen LogP contribution in [0.3, 0.4) is 0 Å². The lowest BCUT2D eigenvalue weighted by Gasteiger charge is -2.25. The summed E-state index contributed by atoms with van der Waals surface area (Å²) >= 11 is 12.1. The summed E-state index contributed by atoms with van der Waals surface area (Å²) in [5.41, 5.74) is 1.63. The average Bonchev–Trinajstić information content (AvgIpc) is 2.52. The van der Waals surface area contributed by atoms with Gasteiger partial charge >= 0.3 is 0 Å². The maximum Gasteiger partial charge on any atom is 0.183 e. The summed E-state index contributed by atoms with van der Waals surface area (Å²) in [6.07, 6.45) is 4.33. The van der Waals surface area contributed by atoms with Gasteiger partial charge in [-0.3, -0.25) is 0 Å². The highest BCUT2D eigenvalue weighted by molar-refractivity contribution is 6.42. The number of hydrogen-bond acceptors (Lipinski definition) is 2. The molecule has 0 aliphatic rings. The molecule has 4 heteroatoms. The summed E-state index contributed by atoms with van der Waals surface area (Å²) in [5.74, 6) is 0. The first-order chi connectivity index (χ1) is 10.5. The van der Waals surface area contributed by atoms with E-state index in [1.807, 2.05) is 25.1 Å². The zero-order valence-corrected chi connectivity index (χ0v) is 14.4. The molecule has 0 radical (unpaired) electrons. The van der Waals surface area contributed by atoms with Crippen LogP contribution in [0.25, 0.3) is 0 Å². The van der Waals surface area contributed by atoms with Gasteiger partial charge in [0.2, 0.25) is 0 Å². The van der Waals surface area contributed by atoms with E-state index in [9.17, 15) is 0 Å². The average molecular weight is 341 g/mol. The highest BCUT2D eigenvalue weighted by Crippen LogP contribution is 2.31. The Hall–Kier alpha value is -1.06. The van der Waals surface area contributed by atoms with E-state index < -0.39 is 6.29 Å². The Morgan fingerprint density at radius 3 is 2.55 bits per heavy atom. The van der Waals surface area contributed by atoms with Gasteiger partial charge in [0, 0.05) is 6.61 Å². The molecule has 0 aromatic heterocycles. The van der Waals surface area contributed by atoms with E-state index in [0.717, 1.165) is 18.4 Å². The molecule has 0 heterocycles. The molecular formula is C18H22Cl2O2. The first kappa shape index (κ1) is 19.0. The van der Waals surface area contributed by atoms with Crippen molar-refractivity contribution < 1.29 is 9.47 Å². The fraction of sp³-hybridized carbons (Fsp3) is 0.333. The van der Waals surface area contributed by atoms with Crippen LogP contribution in [0.4, 0.5) is 0 Å². The number of ether oxygens (including phenoxy) is 2. The molecule has 0 unspecified atom stereocenters. The molecule has 0 aliphatic heterocycles.